The average molecular weight is 460 g/mol. The van der Waals surface area contributed by atoms with Gasteiger partial charge in [-0.15, -0.1) is 0 Å². The number of likely N-dealkylation sites (tertiary alicyclic amines) is 1. The van der Waals surface area contributed by atoms with E-state index in [1.165, 1.54) is 18.3 Å². The van der Waals surface area contributed by atoms with Crippen LogP contribution in [0, 0.1) is 5.82 Å². The van der Waals surface area contributed by atoms with Crippen molar-refractivity contribution in [3.8, 4) is 11.3 Å². The first-order valence-electron chi connectivity index (χ1n) is 10.3. The molecule has 1 spiro atoms. The molecule has 2 aromatic heterocycles. The summed E-state index contributed by atoms with van der Waals surface area (Å²) in [7, 11) is 0. The number of carbonyl (C=O) groups excluding carboxylic acids is 1. The Labute approximate surface area is 186 Å². The van der Waals surface area contributed by atoms with Gasteiger partial charge >= 0.3 is 12.2 Å². The number of urea groups is 1. The number of carbonyl (C=O) groups is 1. The van der Waals surface area contributed by atoms with Crippen molar-refractivity contribution in [1.29, 1.82) is 0 Å². The first kappa shape index (κ1) is 21.2. The zero-order chi connectivity index (χ0) is 23.4. The molecule has 5 rings (SSSR count). The Kier molecular flexibility index (Phi) is 4.80. The van der Waals surface area contributed by atoms with E-state index >= 15 is 0 Å². The average Bonchev–Trinajstić information content (AvgIpc) is 3.30. The number of nitrogens with zero attached hydrogens (tertiary/aromatic N) is 4. The first-order chi connectivity index (χ1) is 15.6. The maximum absolute atomic E-state index is 13.3. The molecule has 11 heteroatoms. The maximum Gasteiger partial charge on any atom is 0.419 e. The van der Waals surface area contributed by atoms with E-state index in [4.69, 9.17) is 5.73 Å². The highest BCUT2D eigenvalue weighted by atomic mass is 19.4. The lowest BCUT2D eigenvalue weighted by atomic mass is 9.76. The van der Waals surface area contributed by atoms with Crippen LogP contribution in [0.4, 0.5) is 28.2 Å². The van der Waals surface area contributed by atoms with Gasteiger partial charge in [-0.25, -0.2) is 14.2 Å². The highest BCUT2D eigenvalue weighted by molar-refractivity contribution is 5.76. The largest absolute Gasteiger partial charge is 0.419 e. The molecule has 7 nitrogen and oxygen atoms in total. The quantitative estimate of drug-likeness (QED) is 0.585. The summed E-state index contributed by atoms with van der Waals surface area (Å²) >= 11 is 0. The number of hydrogen-bond donors (Lipinski definition) is 2. The Morgan fingerprint density at radius 1 is 1.21 bits per heavy atom. The summed E-state index contributed by atoms with van der Waals surface area (Å²) in [6, 6.07) is 8.50. The Balaban J connectivity index is 1.28. The number of alkyl halides is 3. The third-order valence-electron chi connectivity index (χ3n) is 6.25. The van der Waals surface area contributed by atoms with Crippen molar-refractivity contribution >= 4 is 11.8 Å². The third-order valence-corrected chi connectivity index (χ3v) is 6.25. The topological polar surface area (TPSA) is 89.1 Å². The highest BCUT2D eigenvalue weighted by Crippen LogP contribution is 2.44. The lowest BCUT2D eigenvalue weighted by Gasteiger charge is -2.47. The molecule has 0 aliphatic carbocycles. The van der Waals surface area contributed by atoms with Crippen LogP contribution in [-0.2, 0) is 24.7 Å². The molecule has 1 saturated heterocycles. The summed E-state index contributed by atoms with van der Waals surface area (Å²) in [5.41, 5.74) is 6.29. The zero-order valence-corrected chi connectivity index (χ0v) is 17.4. The van der Waals surface area contributed by atoms with Gasteiger partial charge < -0.3 is 16.0 Å². The number of halogens is 4. The number of aromatic nitrogens is 3. The molecule has 0 bridgehead atoms. The minimum absolute atomic E-state index is 0.216. The minimum Gasteiger partial charge on any atom is -0.383 e. The van der Waals surface area contributed by atoms with Gasteiger partial charge in [0.15, 0.2) is 0 Å². The Morgan fingerprint density at radius 2 is 2.00 bits per heavy atom. The molecule has 33 heavy (non-hydrogen) atoms. The van der Waals surface area contributed by atoms with E-state index in [0.29, 0.717) is 30.9 Å². The standard InChI is InChI=1S/C22H20F4N6O/c23-15-3-1-2-13(6-15)9-29-20(33)31-11-21(12-31)4-5-32-18(21)8-17(30-32)14-7-16(22(24,25)26)19(27)28-10-14/h1-3,6-8,10H,4-5,9,11-12H2,(H2,27,28)(H,29,33). The molecule has 0 atom stereocenters. The fourth-order valence-corrected chi connectivity index (χ4v) is 4.53. The van der Waals surface area contributed by atoms with E-state index in [9.17, 15) is 22.4 Å². The van der Waals surface area contributed by atoms with Crippen molar-refractivity contribution in [2.45, 2.75) is 31.1 Å². The molecular formula is C22H20F4N6O. The maximum atomic E-state index is 13.3. The van der Waals surface area contributed by atoms with Gasteiger partial charge in [-0.1, -0.05) is 12.1 Å². The molecular weight excluding hydrogens is 440 g/mol. The van der Waals surface area contributed by atoms with E-state index in [-0.39, 0.29) is 29.4 Å². The van der Waals surface area contributed by atoms with Gasteiger partial charge in [0.1, 0.15) is 11.6 Å². The second-order valence-electron chi connectivity index (χ2n) is 8.47. The molecule has 172 valence electrons. The summed E-state index contributed by atoms with van der Waals surface area (Å²) in [4.78, 5) is 17.8. The smallest absolute Gasteiger partial charge is 0.383 e. The van der Waals surface area contributed by atoms with Crippen molar-refractivity contribution in [2.75, 3.05) is 18.8 Å². The van der Waals surface area contributed by atoms with E-state index in [0.717, 1.165) is 18.2 Å². The van der Waals surface area contributed by atoms with Crippen LogP contribution in [0.3, 0.4) is 0 Å². The fraction of sp³-hybridized carbons (Fsp3) is 0.318. The number of rotatable bonds is 3. The summed E-state index contributed by atoms with van der Waals surface area (Å²) in [5, 5.41) is 7.25. The monoisotopic (exact) mass is 460 g/mol. The lowest BCUT2D eigenvalue weighted by Crippen LogP contribution is -2.62. The zero-order valence-electron chi connectivity index (χ0n) is 17.4. The van der Waals surface area contributed by atoms with Gasteiger partial charge in [0.2, 0.25) is 0 Å². The molecule has 2 aliphatic rings. The molecule has 2 aliphatic heterocycles. The van der Waals surface area contributed by atoms with Crippen LogP contribution >= 0.6 is 0 Å². The van der Waals surface area contributed by atoms with Gasteiger partial charge in [-0.05, 0) is 36.2 Å². The van der Waals surface area contributed by atoms with E-state index in [1.807, 2.05) is 0 Å². The van der Waals surface area contributed by atoms with Gasteiger partial charge in [-0.2, -0.15) is 18.3 Å². The van der Waals surface area contributed by atoms with Crippen molar-refractivity contribution < 1.29 is 22.4 Å². The molecule has 4 heterocycles. The summed E-state index contributed by atoms with van der Waals surface area (Å²) in [5.74, 6) is -0.938. The Morgan fingerprint density at radius 3 is 2.73 bits per heavy atom. The van der Waals surface area contributed by atoms with Crippen LogP contribution in [0.2, 0.25) is 0 Å². The second-order valence-corrected chi connectivity index (χ2v) is 8.47. The number of amides is 2. The van der Waals surface area contributed by atoms with Crippen molar-refractivity contribution in [3.05, 3.63) is 65.2 Å². The van der Waals surface area contributed by atoms with Crippen LogP contribution in [0.5, 0.6) is 0 Å². The number of benzene rings is 1. The number of aryl methyl sites for hydroxylation is 1. The molecule has 1 fully saturated rings. The third kappa shape index (κ3) is 3.77. The second kappa shape index (κ2) is 7.46. The molecule has 2 amide bonds. The van der Waals surface area contributed by atoms with Crippen LogP contribution < -0.4 is 11.1 Å². The van der Waals surface area contributed by atoms with Crippen molar-refractivity contribution in [3.63, 3.8) is 0 Å². The summed E-state index contributed by atoms with van der Waals surface area (Å²) < 4.78 is 54.7. The number of nitrogens with one attached hydrogen (secondary N) is 1. The van der Waals surface area contributed by atoms with Gasteiger partial charge in [-0.3, -0.25) is 4.68 Å². The summed E-state index contributed by atoms with van der Waals surface area (Å²) in [6.45, 7) is 1.78. The number of nitrogens with two attached hydrogens (primary N) is 1. The fourth-order valence-electron chi connectivity index (χ4n) is 4.53. The number of hydrogen-bond acceptors (Lipinski definition) is 4. The van der Waals surface area contributed by atoms with Crippen LogP contribution in [0.25, 0.3) is 11.3 Å². The Hall–Kier alpha value is -3.63. The molecule has 1 aromatic carbocycles. The van der Waals surface area contributed by atoms with Crippen molar-refractivity contribution in [1.82, 2.24) is 25.0 Å². The predicted molar refractivity (Wildman–Crippen MR) is 111 cm³/mol. The van der Waals surface area contributed by atoms with Crippen LogP contribution in [-0.4, -0.2) is 38.8 Å². The number of fused-ring (bicyclic) bond motifs is 2. The predicted octanol–water partition coefficient (Wildman–Crippen LogP) is 3.55. The van der Waals surface area contributed by atoms with Gasteiger partial charge in [0.25, 0.3) is 0 Å². The minimum atomic E-state index is -4.61. The van der Waals surface area contributed by atoms with Crippen molar-refractivity contribution in [2.24, 2.45) is 0 Å². The van der Waals surface area contributed by atoms with Gasteiger partial charge in [0.05, 0.1) is 11.3 Å². The van der Waals surface area contributed by atoms with E-state index in [1.54, 1.807) is 27.8 Å². The molecule has 0 unspecified atom stereocenters. The van der Waals surface area contributed by atoms with Gasteiger partial charge in [0, 0.05) is 49.0 Å². The van der Waals surface area contributed by atoms with E-state index in [2.05, 4.69) is 15.4 Å². The number of pyridine rings is 1. The molecule has 3 aromatic rings. The lowest BCUT2D eigenvalue weighted by molar-refractivity contribution is -0.137. The van der Waals surface area contributed by atoms with Crippen LogP contribution in [0.15, 0.2) is 42.6 Å². The molecule has 0 radical (unpaired) electrons. The SMILES string of the molecule is Nc1ncc(-c2cc3n(n2)CCC32CN(C(=O)NCc3cccc(F)c3)C2)cc1C(F)(F)F. The Bertz CT molecular complexity index is 1230. The first-order valence-corrected chi connectivity index (χ1v) is 10.3. The molecule has 3 N–H and O–H groups in total. The highest BCUT2D eigenvalue weighted by Gasteiger charge is 2.51. The van der Waals surface area contributed by atoms with E-state index < -0.39 is 17.6 Å². The van der Waals surface area contributed by atoms with Crippen LogP contribution in [0.1, 0.15) is 23.2 Å². The number of nitrogen functional groups attached to an aromatic ring is 1. The molecule has 0 saturated carbocycles. The normalized spacial score (nSPS) is 16.5. The number of anilines is 1. The summed E-state index contributed by atoms with van der Waals surface area (Å²) in [6.07, 6.45) is -2.54.